The smallest absolute Gasteiger partial charge is 0.252 e. The van der Waals surface area contributed by atoms with Gasteiger partial charge in [-0.05, 0) is 27.6 Å². The fourth-order valence-corrected chi connectivity index (χ4v) is 2.26. The van der Waals surface area contributed by atoms with E-state index in [0.29, 0.717) is 18.0 Å². The molecule has 6 nitrogen and oxygen atoms in total. The van der Waals surface area contributed by atoms with Crippen molar-refractivity contribution in [3.63, 3.8) is 0 Å². The van der Waals surface area contributed by atoms with Gasteiger partial charge in [0.15, 0.2) is 11.5 Å². The van der Waals surface area contributed by atoms with Gasteiger partial charge in [-0.1, -0.05) is 6.07 Å². The van der Waals surface area contributed by atoms with E-state index in [4.69, 9.17) is 14.7 Å². The molecule has 98 valence electrons. The Hall–Kier alpha value is -2.07. The van der Waals surface area contributed by atoms with Gasteiger partial charge in [-0.2, -0.15) is 5.26 Å². The quantitative estimate of drug-likeness (QED) is 0.860. The summed E-state index contributed by atoms with van der Waals surface area (Å²) in [4.78, 5) is 3.86. The van der Waals surface area contributed by atoms with E-state index in [0.717, 1.165) is 10.0 Å². The largest absolute Gasteiger partial charge is 0.493 e. The molecule has 0 N–H and O–H groups in total. The predicted molar refractivity (Wildman–Crippen MR) is 71.1 cm³/mol. The molecule has 0 aliphatic rings. The van der Waals surface area contributed by atoms with Gasteiger partial charge in [-0.3, -0.25) is 0 Å². The first kappa shape index (κ1) is 13.4. The monoisotopic (exact) mass is 322 g/mol. The highest BCUT2D eigenvalue weighted by atomic mass is 79.9. The van der Waals surface area contributed by atoms with Gasteiger partial charge in [0.25, 0.3) is 5.82 Å². The standard InChI is InChI=1S/C12H11BrN4O2/c1-18-9-4-3-8(11(13)12(9)19-2)6-17-7-15-10(5-14)16-17/h3-4,7H,6H2,1-2H3. The molecule has 0 atom stereocenters. The molecule has 2 aromatic rings. The molecule has 0 fully saturated rings. The Morgan fingerprint density at radius 2 is 2.16 bits per heavy atom. The Labute approximate surface area is 118 Å². The molecule has 0 bridgehead atoms. The van der Waals surface area contributed by atoms with E-state index < -0.39 is 0 Å². The third-order valence-corrected chi connectivity index (χ3v) is 3.40. The number of nitrogens with zero attached hydrogens (tertiary/aromatic N) is 4. The lowest BCUT2D eigenvalue weighted by atomic mass is 10.2. The lowest BCUT2D eigenvalue weighted by Crippen LogP contribution is -2.03. The minimum absolute atomic E-state index is 0.150. The Kier molecular flexibility index (Phi) is 4.02. The van der Waals surface area contributed by atoms with E-state index in [2.05, 4.69) is 26.0 Å². The van der Waals surface area contributed by atoms with E-state index in [-0.39, 0.29) is 5.82 Å². The average Bonchev–Trinajstić information content (AvgIpc) is 2.88. The lowest BCUT2D eigenvalue weighted by Gasteiger charge is -2.12. The van der Waals surface area contributed by atoms with Crippen molar-refractivity contribution in [2.45, 2.75) is 6.54 Å². The van der Waals surface area contributed by atoms with Gasteiger partial charge >= 0.3 is 0 Å². The predicted octanol–water partition coefficient (Wildman–Crippen LogP) is 1.98. The van der Waals surface area contributed by atoms with Crippen LogP contribution in [0.25, 0.3) is 0 Å². The summed E-state index contributed by atoms with van der Waals surface area (Å²) in [5.41, 5.74) is 0.951. The second-order valence-corrected chi connectivity index (χ2v) is 4.44. The van der Waals surface area contributed by atoms with Gasteiger partial charge in [0, 0.05) is 0 Å². The molecule has 0 aliphatic heterocycles. The van der Waals surface area contributed by atoms with Crippen molar-refractivity contribution in [3.8, 4) is 17.6 Å². The molecule has 2 rings (SSSR count). The summed E-state index contributed by atoms with van der Waals surface area (Å²) < 4.78 is 12.9. The highest BCUT2D eigenvalue weighted by Crippen LogP contribution is 2.37. The van der Waals surface area contributed by atoms with Gasteiger partial charge < -0.3 is 9.47 Å². The molecule has 0 aliphatic carbocycles. The van der Waals surface area contributed by atoms with Crippen LogP contribution < -0.4 is 9.47 Å². The molecular formula is C12H11BrN4O2. The van der Waals surface area contributed by atoms with Crippen molar-refractivity contribution in [2.24, 2.45) is 0 Å². The van der Waals surface area contributed by atoms with E-state index >= 15 is 0 Å². The molecule has 1 aromatic heterocycles. The molecule has 0 saturated carbocycles. The van der Waals surface area contributed by atoms with Crippen molar-refractivity contribution in [2.75, 3.05) is 14.2 Å². The molecular weight excluding hydrogens is 312 g/mol. The van der Waals surface area contributed by atoms with E-state index in [1.807, 2.05) is 18.2 Å². The highest BCUT2D eigenvalue weighted by Gasteiger charge is 2.13. The van der Waals surface area contributed by atoms with Crippen LogP contribution >= 0.6 is 15.9 Å². The van der Waals surface area contributed by atoms with E-state index in [9.17, 15) is 0 Å². The van der Waals surface area contributed by atoms with Gasteiger partial charge in [-0.15, -0.1) is 5.10 Å². The summed E-state index contributed by atoms with van der Waals surface area (Å²) in [5.74, 6) is 1.42. The van der Waals surface area contributed by atoms with Crippen LogP contribution in [0.2, 0.25) is 0 Å². The third kappa shape index (κ3) is 2.69. The first-order valence-electron chi connectivity index (χ1n) is 5.38. The topological polar surface area (TPSA) is 73.0 Å². The number of aromatic nitrogens is 3. The molecule has 7 heteroatoms. The summed E-state index contributed by atoms with van der Waals surface area (Å²) in [6, 6.07) is 5.61. The van der Waals surface area contributed by atoms with Crippen LogP contribution in [0, 0.1) is 11.3 Å². The Bertz CT molecular complexity index is 633. The van der Waals surface area contributed by atoms with E-state index in [1.165, 1.54) is 6.33 Å². The fraction of sp³-hybridized carbons (Fsp3) is 0.250. The van der Waals surface area contributed by atoms with Crippen molar-refractivity contribution in [1.82, 2.24) is 14.8 Å². The van der Waals surface area contributed by atoms with Crippen molar-refractivity contribution < 1.29 is 9.47 Å². The van der Waals surface area contributed by atoms with Crippen LogP contribution in [-0.2, 0) is 6.54 Å². The molecule has 0 saturated heterocycles. The second-order valence-electron chi connectivity index (χ2n) is 3.65. The zero-order valence-corrected chi connectivity index (χ0v) is 12.0. The van der Waals surface area contributed by atoms with Gasteiger partial charge in [0.1, 0.15) is 12.4 Å². The van der Waals surface area contributed by atoms with Crippen LogP contribution in [0.4, 0.5) is 0 Å². The second kappa shape index (κ2) is 5.71. The maximum Gasteiger partial charge on any atom is 0.252 e. The molecule has 0 radical (unpaired) electrons. The van der Waals surface area contributed by atoms with Crippen LogP contribution in [0.15, 0.2) is 22.9 Å². The summed E-state index contributed by atoms with van der Waals surface area (Å²) in [7, 11) is 3.16. The Balaban J connectivity index is 2.33. The number of nitriles is 1. The molecule has 1 heterocycles. The number of halogens is 1. The summed E-state index contributed by atoms with van der Waals surface area (Å²) in [6.45, 7) is 0.482. The zero-order chi connectivity index (χ0) is 13.8. The van der Waals surface area contributed by atoms with Crippen molar-refractivity contribution >= 4 is 15.9 Å². The number of methoxy groups -OCH3 is 2. The lowest BCUT2D eigenvalue weighted by molar-refractivity contribution is 0.352. The number of ether oxygens (including phenoxy) is 2. The first-order chi connectivity index (χ1) is 9.19. The Morgan fingerprint density at radius 3 is 2.74 bits per heavy atom. The molecule has 0 spiro atoms. The zero-order valence-electron chi connectivity index (χ0n) is 10.4. The summed E-state index contributed by atoms with van der Waals surface area (Å²) >= 11 is 3.48. The van der Waals surface area contributed by atoms with Gasteiger partial charge in [0.2, 0.25) is 0 Å². The van der Waals surface area contributed by atoms with Gasteiger partial charge in [-0.25, -0.2) is 9.67 Å². The third-order valence-electron chi connectivity index (χ3n) is 2.53. The van der Waals surface area contributed by atoms with Crippen molar-refractivity contribution in [1.29, 1.82) is 5.26 Å². The SMILES string of the molecule is COc1ccc(Cn2cnc(C#N)n2)c(Br)c1OC. The van der Waals surface area contributed by atoms with Crippen LogP contribution in [-0.4, -0.2) is 29.0 Å². The van der Waals surface area contributed by atoms with Crippen molar-refractivity contribution in [3.05, 3.63) is 34.3 Å². The normalized spacial score (nSPS) is 10.0. The van der Waals surface area contributed by atoms with Crippen LogP contribution in [0.5, 0.6) is 11.5 Å². The maximum absolute atomic E-state index is 8.69. The van der Waals surface area contributed by atoms with Gasteiger partial charge in [0.05, 0.1) is 25.2 Å². The number of hydrogen-bond acceptors (Lipinski definition) is 5. The molecule has 0 amide bonds. The summed E-state index contributed by atoms with van der Waals surface area (Å²) in [6.07, 6.45) is 1.52. The van der Waals surface area contributed by atoms with E-state index in [1.54, 1.807) is 18.9 Å². The van der Waals surface area contributed by atoms with Crippen LogP contribution in [0.1, 0.15) is 11.4 Å². The molecule has 0 unspecified atom stereocenters. The summed E-state index contributed by atoms with van der Waals surface area (Å²) in [5, 5.41) is 12.7. The Morgan fingerprint density at radius 1 is 1.37 bits per heavy atom. The maximum atomic E-state index is 8.69. The number of rotatable bonds is 4. The fourth-order valence-electron chi connectivity index (χ4n) is 1.65. The first-order valence-corrected chi connectivity index (χ1v) is 6.17. The average molecular weight is 323 g/mol. The minimum Gasteiger partial charge on any atom is -0.493 e. The molecule has 19 heavy (non-hydrogen) atoms. The number of benzene rings is 1. The number of hydrogen-bond donors (Lipinski definition) is 0. The van der Waals surface area contributed by atoms with Crippen LogP contribution in [0.3, 0.4) is 0 Å². The molecule has 1 aromatic carbocycles. The minimum atomic E-state index is 0.150. The highest BCUT2D eigenvalue weighted by molar-refractivity contribution is 9.10.